The maximum Gasteiger partial charge on any atom is 0.356 e. The molecule has 0 spiro atoms. The zero-order valence-corrected chi connectivity index (χ0v) is 20.4. The number of benzene rings is 3. The molecule has 0 aliphatic carbocycles. The smallest absolute Gasteiger partial charge is 0.356 e. The van der Waals surface area contributed by atoms with Crippen molar-refractivity contribution in [2.45, 2.75) is 26.3 Å². The Kier molecular flexibility index (Phi) is 7.07. The van der Waals surface area contributed by atoms with Crippen LogP contribution in [0.25, 0.3) is 11.5 Å². The van der Waals surface area contributed by atoms with E-state index in [9.17, 15) is 9.90 Å². The molecule has 0 saturated heterocycles. The van der Waals surface area contributed by atoms with Crippen molar-refractivity contribution in [2.75, 3.05) is 6.61 Å². The molecule has 0 fully saturated rings. The molecule has 0 aliphatic heterocycles. The highest BCUT2D eigenvalue weighted by molar-refractivity contribution is 5.87. The number of carbonyl (C=O) groups is 1. The molecule has 0 saturated carbocycles. The first-order valence-electron chi connectivity index (χ1n) is 12.0. The second-order valence-corrected chi connectivity index (χ2v) is 8.64. The Balaban J connectivity index is 1.19. The molecule has 3 aromatic carbocycles. The molecule has 186 valence electrons. The van der Waals surface area contributed by atoms with Gasteiger partial charge in [0.1, 0.15) is 17.2 Å². The first-order chi connectivity index (χ1) is 18.1. The monoisotopic (exact) mass is 494 g/mol. The lowest BCUT2D eigenvalue weighted by Gasteiger charge is -2.07. The van der Waals surface area contributed by atoms with Gasteiger partial charge in [-0.1, -0.05) is 65.9 Å². The van der Waals surface area contributed by atoms with E-state index < -0.39 is 5.97 Å². The Bertz CT molecular complexity index is 1480. The summed E-state index contributed by atoms with van der Waals surface area (Å²) in [5.41, 5.74) is 4.21. The molecule has 0 bridgehead atoms. The number of rotatable bonds is 10. The van der Waals surface area contributed by atoms with Crippen LogP contribution in [0.4, 0.5) is 0 Å². The SMILES string of the molecule is Cc1oc(-c2ccccc2)nc1CCOc1ccc(Cc2nnn(Cc3ccccc3)c2C(=O)O)cc1. The van der Waals surface area contributed by atoms with Crippen molar-refractivity contribution < 1.29 is 19.1 Å². The molecule has 2 heterocycles. The number of carboxylic acid groups (broad SMARTS) is 1. The number of carboxylic acids is 1. The first kappa shape index (κ1) is 24.0. The van der Waals surface area contributed by atoms with Gasteiger partial charge in [-0.2, -0.15) is 0 Å². The Morgan fingerprint density at radius 2 is 1.62 bits per heavy atom. The zero-order chi connectivity index (χ0) is 25.6. The largest absolute Gasteiger partial charge is 0.493 e. The van der Waals surface area contributed by atoms with Gasteiger partial charge in [-0.25, -0.2) is 14.5 Å². The van der Waals surface area contributed by atoms with E-state index in [-0.39, 0.29) is 5.69 Å². The molecule has 8 nitrogen and oxygen atoms in total. The molecule has 8 heteroatoms. The number of nitrogens with zero attached hydrogens (tertiary/aromatic N) is 4. The van der Waals surface area contributed by atoms with E-state index in [1.165, 1.54) is 4.68 Å². The summed E-state index contributed by atoms with van der Waals surface area (Å²) in [7, 11) is 0. The van der Waals surface area contributed by atoms with Crippen LogP contribution in [-0.4, -0.2) is 37.7 Å². The predicted molar refractivity (Wildman–Crippen MR) is 138 cm³/mol. The highest BCUT2D eigenvalue weighted by Gasteiger charge is 2.20. The fourth-order valence-electron chi connectivity index (χ4n) is 4.10. The van der Waals surface area contributed by atoms with Gasteiger partial charge in [0, 0.05) is 18.4 Å². The molecule has 0 amide bonds. The fourth-order valence-corrected chi connectivity index (χ4v) is 4.10. The van der Waals surface area contributed by atoms with Crippen molar-refractivity contribution in [3.8, 4) is 17.2 Å². The third kappa shape index (κ3) is 5.75. The van der Waals surface area contributed by atoms with E-state index in [2.05, 4.69) is 15.3 Å². The summed E-state index contributed by atoms with van der Waals surface area (Å²) >= 11 is 0. The number of ether oxygens (including phenoxy) is 1. The average Bonchev–Trinajstić information content (AvgIpc) is 3.49. The van der Waals surface area contributed by atoms with Crippen molar-refractivity contribution in [3.63, 3.8) is 0 Å². The first-order valence-corrected chi connectivity index (χ1v) is 12.0. The number of aromatic nitrogens is 4. The molecule has 5 rings (SSSR count). The minimum absolute atomic E-state index is 0.0991. The Morgan fingerprint density at radius 1 is 0.919 bits per heavy atom. The molecular formula is C29H26N4O4. The zero-order valence-electron chi connectivity index (χ0n) is 20.4. The van der Waals surface area contributed by atoms with Crippen LogP contribution in [0.2, 0.25) is 0 Å². The molecule has 0 unspecified atom stereocenters. The van der Waals surface area contributed by atoms with Gasteiger partial charge in [-0.05, 0) is 42.3 Å². The molecule has 5 aromatic rings. The summed E-state index contributed by atoms with van der Waals surface area (Å²) in [5, 5.41) is 18.0. The summed E-state index contributed by atoms with van der Waals surface area (Å²) in [5.74, 6) is 1.07. The van der Waals surface area contributed by atoms with E-state index in [0.717, 1.165) is 33.9 Å². The van der Waals surface area contributed by atoms with Gasteiger partial charge >= 0.3 is 5.97 Å². The number of aromatic carboxylic acids is 1. The molecule has 2 aromatic heterocycles. The molecule has 37 heavy (non-hydrogen) atoms. The van der Waals surface area contributed by atoms with E-state index in [1.807, 2.05) is 91.9 Å². The Morgan fingerprint density at radius 3 is 2.32 bits per heavy atom. The topological polar surface area (TPSA) is 103 Å². The van der Waals surface area contributed by atoms with Crippen LogP contribution in [0, 0.1) is 6.92 Å². The standard InChI is InChI=1S/C29H26N4O4/c1-20-25(30-28(37-20)23-10-6-3-7-11-23)16-17-36-24-14-12-21(13-15-24)18-26-27(29(34)35)33(32-31-26)19-22-8-4-2-5-9-22/h2-15H,16-19H2,1H3,(H,34,35). The quantitative estimate of drug-likeness (QED) is 0.285. The highest BCUT2D eigenvalue weighted by Crippen LogP contribution is 2.22. The summed E-state index contributed by atoms with van der Waals surface area (Å²) in [6.45, 7) is 2.71. The van der Waals surface area contributed by atoms with Gasteiger partial charge < -0.3 is 14.3 Å². The second kappa shape index (κ2) is 10.9. The van der Waals surface area contributed by atoms with Crippen molar-refractivity contribution in [2.24, 2.45) is 0 Å². The van der Waals surface area contributed by atoms with E-state index in [4.69, 9.17) is 9.15 Å². The minimum Gasteiger partial charge on any atom is -0.493 e. The number of hydrogen-bond donors (Lipinski definition) is 1. The lowest BCUT2D eigenvalue weighted by atomic mass is 10.1. The molecular weight excluding hydrogens is 468 g/mol. The third-order valence-corrected chi connectivity index (χ3v) is 6.00. The maximum absolute atomic E-state index is 11.9. The van der Waals surface area contributed by atoms with Crippen LogP contribution in [0.3, 0.4) is 0 Å². The minimum atomic E-state index is -1.05. The maximum atomic E-state index is 11.9. The van der Waals surface area contributed by atoms with Crippen LogP contribution in [0.5, 0.6) is 5.75 Å². The predicted octanol–water partition coefficient (Wildman–Crippen LogP) is 5.20. The van der Waals surface area contributed by atoms with Crippen molar-refractivity contribution in [1.29, 1.82) is 0 Å². The van der Waals surface area contributed by atoms with Crippen molar-refractivity contribution in [1.82, 2.24) is 20.0 Å². The van der Waals surface area contributed by atoms with Crippen LogP contribution in [0.1, 0.15) is 38.8 Å². The van der Waals surface area contributed by atoms with Gasteiger partial charge in [-0.15, -0.1) is 5.10 Å². The van der Waals surface area contributed by atoms with Gasteiger partial charge in [0.25, 0.3) is 0 Å². The summed E-state index contributed by atoms with van der Waals surface area (Å²) in [6, 6.07) is 27.0. The number of oxazole rings is 1. The van der Waals surface area contributed by atoms with E-state index in [0.29, 0.717) is 37.6 Å². The number of aryl methyl sites for hydroxylation is 1. The van der Waals surface area contributed by atoms with Crippen molar-refractivity contribution in [3.05, 3.63) is 119 Å². The van der Waals surface area contributed by atoms with E-state index >= 15 is 0 Å². The van der Waals surface area contributed by atoms with Crippen molar-refractivity contribution >= 4 is 5.97 Å². The highest BCUT2D eigenvalue weighted by atomic mass is 16.5. The van der Waals surface area contributed by atoms with Crippen LogP contribution >= 0.6 is 0 Å². The summed E-state index contributed by atoms with van der Waals surface area (Å²) in [4.78, 5) is 16.6. The Hall–Kier alpha value is -4.72. The summed E-state index contributed by atoms with van der Waals surface area (Å²) in [6.07, 6.45) is 0.980. The fraction of sp³-hybridized carbons (Fsp3) is 0.172. The van der Waals surface area contributed by atoms with Crippen LogP contribution < -0.4 is 4.74 Å². The van der Waals surface area contributed by atoms with Gasteiger partial charge in [0.05, 0.1) is 18.8 Å². The van der Waals surface area contributed by atoms with E-state index in [1.54, 1.807) is 0 Å². The summed E-state index contributed by atoms with van der Waals surface area (Å²) < 4.78 is 13.2. The average molecular weight is 495 g/mol. The number of hydrogen-bond acceptors (Lipinski definition) is 6. The second-order valence-electron chi connectivity index (χ2n) is 8.64. The lowest BCUT2D eigenvalue weighted by Crippen LogP contribution is -2.12. The van der Waals surface area contributed by atoms with Gasteiger partial charge in [0.15, 0.2) is 5.69 Å². The molecule has 0 radical (unpaired) electrons. The van der Waals surface area contributed by atoms with Gasteiger partial charge in [0.2, 0.25) is 5.89 Å². The molecule has 0 aliphatic rings. The van der Waals surface area contributed by atoms with Crippen LogP contribution in [-0.2, 0) is 19.4 Å². The van der Waals surface area contributed by atoms with Gasteiger partial charge in [-0.3, -0.25) is 0 Å². The lowest BCUT2D eigenvalue weighted by molar-refractivity contribution is 0.0683. The normalized spacial score (nSPS) is 10.9. The molecule has 0 atom stereocenters. The molecule has 1 N–H and O–H groups in total. The van der Waals surface area contributed by atoms with Crippen LogP contribution in [0.15, 0.2) is 89.3 Å². The third-order valence-electron chi connectivity index (χ3n) is 6.00. The Labute approximate surface area is 214 Å².